The second-order valence-electron chi connectivity index (χ2n) is 4.97. The molecule has 1 aromatic rings. The van der Waals surface area contributed by atoms with Gasteiger partial charge in [-0.1, -0.05) is 29.3 Å². The van der Waals surface area contributed by atoms with Crippen molar-refractivity contribution in [2.45, 2.75) is 25.3 Å². The van der Waals surface area contributed by atoms with Crippen molar-refractivity contribution >= 4 is 38.9 Å². The minimum Gasteiger partial charge on any atom is -0.352 e. The lowest BCUT2D eigenvalue weighted by molar-refractivity contribution is -0.122. The van der Waals surface area contributed by atoms with E-state index in [1.54, 1.807) is 25.1 Å². The number of benzene rings is 1. The van der Waals surface area contributed by atoms with Gasteiger partial charge in [-0.3, -0.25) is 4.79 Å². The highest BCUT2D eigenvalue weighted by Gasteiger charge is 2.31. The van der Waals surface area contributed by atoms with Crippen molar-refractivity contribution in [1.82, 2.24) is 5.32 Å². The number of hydrogen-bond donors (Lipinski definition) is 1. The molecule has 0 saturated carbocycles. The first kappa shape index (κ1) is 15.6. The summed E-state index contributed by atoms with van der Waals surface area (Å²) in [5, 5.41) is 3.61. The van der Waals surface area contributed by atoms with Crippen LogP contribution in [0, 0.1) is 0 Å². The summed E-state index contributed by atoms with van der Waals surface area (Å²) < 4.78 is 22.8. The molecule has 0 spiro atoms. The molecule has 1 N–H and O–H groups in total. The molecular formula is C13H15Cl2NO3S. The smallest absolute Gasteiger partial charge is 0.227 e. The van der Waals surface area contributed by atoms with E-state index in [-0.39, 0.29) is 23.5 Å². The van der Waals surface area contributed by atoms with Crippen LogP contribution in [-0.2, 0) is 14.6 Å². The van der Waals surface area contributed by atoms with Gasteiger partial charge in [-0.15, -0.1) is 0 Å². The highest BCUT2D eigenvalue weighted by molar-refractivity contribution is 7.91. The number of halogens is 2. The van der Waals surface area contributed by atoms with Crippen molar-refractivity contribution in [2.24, 2.45) is 0 Å². The maximum Gasteiger partial charge on any atom is 0.227 e. The average Bonchev–Trinajstić information content (AvgIpc) is 2.68. The van der Waals surface area contributed by atoms with Crippen LogP contribution in [0.1, 0.15) is 24.8 Å². The summed E-state index contributed by atoms with van der Waals surface area (Å²) in [5.41, 5.74) is 0.564. The summed E-state index contributed by atoms with van der Waals surface area (Å²) in [6, 6.07) is 4.73. The molecule has 2 rings (SSSR count). The summed E-state index contributed by atoms with van der Waals surface area (Å²) in [4.78, 5) is 12.2. The molecule has 0 radical (unpaired) electrons. The lowest BCUT2D eigenvalue weighted by atomic mass is 9.99. The van der Waals surface area contributed by atoms with Gasteiger partial charge in [0.25, 0.3) is 0 Å². The van der Waals surface area contributed by atoms with E-state index in [0.29, 0.717) is 22.0 Å². The van der Waals surface area contributed by atoms with Crippen molar-refractivity contribution in [3.8, 4) is 0 Å². The molecule has 20 heavy (non-hydrogen) atoms. The molecule has 1 aliphatic heterocycles. The molecule has 1 aromatic carbocycles. The number of carbonyl (C=O) groups excluding carboxylic acids is 1. The van der Waals surface area contributed by atoms with Crippen LogP contribution in [-0.4, -0.2) is 31.9 Å². The lowest BCUT2D eigenvalue weighted by Crippen LogP contribution is -2.38. The third kappa shape index (κ3) is 3.45. The zero-order valence-corrected chi connectivity index (χ0v) is 13.2. The van der Waals surface area contributed by atoms with Gasteiger partial charge in [0, 0.05) is 21.7 Å². The second kappa shape index (κ2) is 5.92. The molecule has 1 aliphatic rings. The monoisotopic (exact) mass is 335 g/mol. The van der Waals surface area contributed by atoms with E-state index in [2.05, 4.69) is 5.32 Å². The highest BCUT2D eigenvalue weighted by atomic mass is 35.5. The van der Waals surface area contributed by atoms with Crippen molar-refractivity contribution < 1.29 is 13.2 Å². The Balaban J connectivity index is 2.10. The van der Waals surface area contributed by atoms with Crippen LogP contribution >= 0.6 is 23.2 Å². The van der Waals surface area contributed by atoms with Gasteiger partial charge >= 0.3 is 0 Å². The molecule has 1 heterocycles. The number of hydrogen-bond acceptors (Lipinski definition) is 3. The Labute approximate surface area is 128 Å². The molecule has 1 saturated heterocycles. The fraction of sp³-hybridized carbons (Fsp3) is 0.462. The number of amides is 1. The Hall–Kier alpha value is -0.780. The molecule has 1 fully saturated rings. The van der Waals surface area contributed by atoms with Crippen molar-refractivity contribution in [3.05, 3.63) is 33.8 Å². The SMILES string of the molecule is C[C@@H](C(=O)N[C@@H]1CCS(=O)(=O)C1)c1c(Cl)cccc1Cl. The fourth-order valence-electron chi connectivity index (χ4n) is 2.29. The van der Waals surface area contributed by atoms with Crippen LogP contribution in [0.3, 0.4) is 0 Å². The van der Waals surface area contributed by atoms with Crippen LogP contribution < -0.4 is 5.32 Å². The van der Waals surface area contributed by atoms with Crippen LogP contribution in [0.15, 0.2) is 18.2 Å². The fourth-order valence-corrected chi connectivity index (χ4v) is 4.69. The number of sulfone groups is 1. The zero-order valence-electron chi connectivity index (χ0n) is 10.9. The van der Waals surface area contributed by atoms with Crippen LogP contribution in [0.25, 0.3) is 0 Å². The van der Waals surface area contributed by atoms with Gasteiger partial charge in [0.05, 0.1) is 17.4 Å². The van der Waals surface area contributed by atoms with Gasteiger partial charge in [-0.05, 0) is 25.5 Å². The predicted octanol–water partition coefficient (Wildman–Crippen LogP) is 2.40. The Morgan fingerprint density at radius 2 is 1.95 bits per heavy atom. The molecule has 1 amide bonds. The molecule has 4 nitrogen and oxygen atoms in total. The van der Waals surface area contributed by atoms with E-state index >= 15 is 0 Å². The third-order valence-corrected chi connectivity index (χ3v) is 5.83. The third-order valence-electron chi connectivity index (χ3n) is 3.40. The maximum atomic E-state index is 12.2. The lowest BCUT2D eigenvalue weighted by Gasteiger charge is -2.18. The van der Waals surface area contributed by atoms with E-state index in [1.165, 1.54) is 0 Å². The van der Waals surface area contributed by atoms with Crippen molar-refractivity contribution in [3.63, 3.8) is 0 Å². The van der Waals surface area contributed by atoms with Gasteiger partial charge in [-0.2, -0.15) is 0 Å². The van der Waals surface area contributed by atoms with Crippen LogP contribution in [0.4, 0.5) is 0 Å². The summed E-state index contributed by atoms with van der Waals surface area (Å²) in [5.74, 6) is -0.664. The largest absolute Gasteiger partial charge is 0.352 e. The minimum atomic E-state index is -3.01. The van der Waals surface area contributed by atoms with E-state index in [1.807, 2.05) is 0 Å². The van der Waals surface area contributed by atoms with E-state index in [9.17, 15) is 13.2 Å². The zero-order chi connectivity index (χ0) is 14.9. The number of carbonyl (C=O) groups is 1. The van der Waals surface area contributed by atoms with E-state index in [4.69, 9.17) is 23.2 Å². The molecule has 0 aliphatic carbocycles. The first-order valence-corrected chi connectivity index (χ1v) is 8.82. The van der Waals surface area contributed by atoms with E-state index < -0.39 is 15.8 Å². The summed E-state index contributed by atoms with van der Waals surface area (Å²) in [6.07, 6.45) is 0.455. The molecule has 0 bridgehead atoms. The summed E-state index contributed by atoms with van der Waals surface area (Å²) in [6.45, 7) is 1.70. The van der Waals surface area contributed by atoms with Gasteiger partial charge < -0.3 is 5.32 Å². The highest BCUT2D eigenvalue weighted by Crippen LogP contribution is 2.31. The Morgan fingerprint density at radius 1 is 1.35 bits per heavy atom. The minimum absolute atomic E-state index is 0.00170. The molecule has 0 aromatic heterocycles. The van der Waals surface area contributed by atoms with Crippen LogP contribution in [0.5, 0.6) is 0 Å². The standard InChI is InChI=1S/C13H15Cl2NO3S/c1-8(12-10(14)3-2-4-11(12)15)13(17)16-9-5-6-20(18,19)7-9/h2-4,8-9H,5-7H2,1H3,(H,16,17)/t8-,9-/m1/s1. The summed E-state index contributed by atoms with van der Waals surface area (Å²) in [7, 11) is -3.01. The van der Waals surface area contributed by atoms with Gasteiger partial charge in [0.1, 0.15) is 0 Å². The van der Waals surface area contributed by atoms with Gasteiger partial charge in [-0.25, -0.2) is 8.42 Å². The van der Waals surface area contributed by atoms with Crippen molar-refractivity contribution in [1.29, 1.82) is 0 Å². The van der Waals surface area contributed by atoms with Gasteiger partial charge in [0.2, 0.25) is 5.91 Å². The molecule has 2 atom stereocenters. The normalized spacial score (nSPS) is 22.4. The second-order valence-corrected chi connectivity index (χ2v) is 8.01. The topological polar surface area (TPSA) is 63.2 Å². The predicted molar refractivity (Wildman–Crippen MR) is 80.1 cm³/mol. The first-order chi connectivity index (χ1) is 9.30. The molecular weight excluding hydrogens is 321 g/mol. The van der Waals surface area contributed by atoms with Crippen LogP contribution in [0.2, 0.25) is 10.0 Å². The number of nitrogens with one attached hydrogen (secondary N) is 1. The van der Waals surface area contributed by atoms with Gasteiger partial charge in [0.15, 0.2) is 9.84 Å². The Bertz CT molecular complexity index is 610. The first-order valence-electron chi connectivity index (χ1n) is 6.25. The molecule has 0 unspecified atom stereocenters. The number of rotatable bonds is 3. The molecule has 7 heteroatoms. The average molecular weight is 336 g/mol. The summed E-state index contributed by atoms with van der Waals surface area (Å²) >= 11 is 12.1. The Morgan fingerprint density at radius 3 is 2.45 bits per heavy atom. The maximum absolute atomic E-state index is 12.2. The quantitative estimate of drug-likeness (QED) is 0.922. The van der Waals surface area contributed by atoms with E-state index in [0.717, 1.165) is 0 Å². The molecule has 110 valence electrons. The Kier molecular flexibility index (Phi) is 4.62. The van der Waals surface area contributed by atoms with Crippen molar-refractivity contribution in [2.75, 3.05) is 11.5 Å².